The highest BCUT2D eigenvalue weighted by Gasteiger charge is 2.85. The number of amides is 2. The van der Waals surface area contributed by atoms with Crippen molar-refractivity contribution in [3.63, 3.8) is 0 Å². The van der Waals surface area contributed by atoms with Crippen molar-refractivity contribution in [2.24, 2.45) is 40.1 Å². The molecule has 1 saturated heterocycles. The van der Waals surface area contributed by atoms with Gasteiger partial charge in [-0.1, -0.05) is 12.2 Å². The van der Waals surface area contributed by atoms with Crippen LogP contribution in [0.2, 0.25) is 0 Å². The van der Waals surface area contributed by atoms with E-state index in [-0.39, 0.29) is 29.1 Å². The molecule has 5 rings (SSSR count). The zero-order valence-electron chi connectivity index (χ0n) is 14.9. The lowest BCUT2D eigenvalue weighted by Crippen LogP contribution is -2.66. The summed E-state index contributed by atoms with van der Waals surface area (Å²) in [6.07, 6.45) is 9.64. The highest BCUT2D eigenvalue weighted by Crippen LogP contribution is 2.81. The number of hydrogen-bond acceptors (Lipinski definition) is 5. The Morgan fingerprint density at radius 1 is 1.15 bits per heavy atom. The van der Waals surface area contributed by atoms with Crippen LogP contribution < -0.4 is 16.8 Å². The number of carbonyl (C=O) groups excluding carboxylic acids is 2. The fourth-order valence-electron chi connectivity index (χ4n) is 6.86. The maximum Gasteiger partial charge on any atom is 0.232 e. The van der Waals surface area contributed by atoms with Crippen LogP contribution in [0.3, 0.4) is 0 Å². The standard InChI is InChI=1S/C19H23BrN4O2S/c20-13-9-24-16(27-13)19(15(22)26)12-2-1-11(17(12)5-6-17)18(19,14(21)25)10-3-7-23-8-4-10/h1-2,9-12,23H,3-8H2,(H2,21,25)(H2,22,26)/t11-,12+,18+,19-/m1/s1. The van der Waals surface area contributed by atoms with Crippen LogP contribution in [0.5, 0.6) is 0 Å². The molecule has 2 heterocycles. The fourth-order valence-corrected chi connectivity index (χ4v) is 8.38. The predicted molar refractivity (Wildman–Crippen MR) is 106 cm³/mol. The summed E-state index contributed by atoms with van der Waals surface area (Å²) in [6.45, 7) is 1.65. The van der Waals surface area contributed by atoms with E-state index in [1.165, 1.54) is 11.3 Å². The van der Waals surface area contributed by atoms with E-state index in [0.29, 0.717) is 5.01 Å². The molecule has 1 aromatic heterocycles. The van der Waals surface area contributed by atoms with Crippen LogP contribution in [0, 0.1) is 28.6 Å². The highest BCUT2D eigenvalue weighted by atomic mass is 79.9. The molecule has 27 heavy (non-hydrogen) atoms. The van der Waals surface area contributed by atoms with E-state index in [9.17, 15) is 9.59 Å². The molecule has 4 atom stereocenters. The minimum absolute atomic E-state index is 0.0175. The van der Waals surface area contributed by atoms with Gasteiger partial charge in [0, 0.05) is 5.92 Å². The monoisotopic (exact) mass is 450 g/mol. The molecule has 0 radical (unpaired) electrons. The molecule has 2 saturated carbocycles. The van der Waals surface area contributed by atoms with Crippen LogP contribution in [0.25, 0.3) is 0 Å². The lowest BCUT2D eigenvalue weighted by Gasteiger charge is -2.51. The van der Waals surface area contributed by atoms with Crippen LogP contribution >= 0.6 is 27.3 Å². The number of aromatic nitrogens is 1. The van der Waals surface area contributed by atoms with Gasteiger partial charge in [0.25, 0.3) is 0 Å². The van der Waals surface area contributed by atoms with Gasteiger partial charge in [0.1, 0.15) is 10.4 Å². The van der Waals surface area contributed by atoms with Gasteiger partial charge in [-0.25, -0.2) is 4.98 Å². The Bertz CT molecular complexity index is 860. The van der Waals surface area contributed by atoms with Crippen molar-refractivity contribution >= 4 is 39.1 Å². The molecule has 3 aliphatic carbocycles. The number of nitrogens with one attached hydrogen (secondary N) is 1. The first-order valence-electron chi connectivity index (χ1n) is 9.53. The van der Waals surface area contributed by atoms with Gasteiger partial charge in [0.15, 0.2) is 0 Å². The average Bonchev–Trinajstić information content (AvgIpc) is 3.12. The van der Waals surface area contributed by atoms with Crippen molar-refractivity contribution in [2.45, 2.75) is 31.1 Å². The van der Waals surface area contributed by atoms with Crippen LogP contribution in [0.15, 0.2) is 22.1 Å². The van der Waals surface area contributed by atoms with Gasteiger partial charge >= 0.3 is 0 Å². The minimum Gasteiger partial charge on any atom is -0.369 e. The maximum absolute atomic E-state index is 13.4. The Morgan fingerprint density at radius 2 is 1.81 bits per heavy atom. The molecule has 0 unspecified atom stereocenters. The van der Waals surface area contributed by atoms with E-state index in [1.54, 1.807) is 6.20 Å². The summed E-state index contributed by atoms with van der Waals surface area (Å²) in [5.41, 5.74) is 10.2. The normalized spacial score (nSPS) is 39.1. The van der Waals surface area contributed by atoms with E-state index in [0.717, 1.165) is 42.6 Å². The largest absolute Gasteiger partial charge is 0.369 e. The van der Waals surface area contributed by atoms with E-state index in [4.69, 9.17) is 11.5 Å². The average molecular weight is 451 g/mol. The molecule has 144 valence electrons. The van der Waals surface area contributed by atoms with Crippen molar-refractivity contribution in [1.82, 2.24) is 10.3 Å². The number of carbonyl (C=O) groups is 2. The summed E-state index contributed by atoms with van der Waals surface area (Å²) < 4.78 is 0.832. The number of nitrogens with zero attached hydrogens (tertiary/aromatic N) is 1. The third kappa shape index (κ3) is 1.87. The number of rotatable bonds is 4. The molecule has 6 nitrogen and oxygen atoms in total. The third-order valence-corrected chi connectivity index (χ3v) is 9.38. The van der Waals surface area contributed by atoms with Gasteiger partial charge in [0.2, 0.25) is 11.8 Å². The van der Waals surface area contributed by atoms with Crippen LogP contribution in [-0.2, 0) is 15.0 Å². The number of nitrogens with two attached hydrogens (primary N) is 2. The van der Waals surface area contributed by atoms with E-state index in [1.807, 2.05) is 0 Å². The highest BCUT2D eigenvalue weighted by molar-refractivity contribution is 9.11. The maximum atomic E-state index is 13.4. The van der Waals surface area contributed by atoms with Crippen LogP contribution in [0.4, 0.5) is 0 Å². The van der Waals surface area contributed by atoms with Gasteiger partial charge < -0.3 is 16.8 Å². The molecule has 2 amide bonds. The summed E-state index contributed by atoms with van der Waals surface area (Å²) in [4.78, 5) is 31.3. The SMILES string of the molecule is NC(=O)[C@]1(C2CCNCC2)[C@@H]2C=C[C@@H](C23CC3)[C@@]1(C(N)=O)c1ncc(Br)s1. The second-order valence-corrected chi connectivity index (χ2v) is 10.9. The van der Waals surface area contributed by atoms with E-state index >= 15 is 0 Å². The number of allylic oxidation sites excluding steroid dienone is 2. The van der Waals surface area contributed by atoms with Crippen molar-refractivity contribution in [1.29, 1.82) is 0 Å². The fraction of sp³-hybridized carbons (Fsp3) is 0.632. The molecule has 1 aliphatic heterocycles. The molecule has 1 aromatic rings. The van der Waals surface area contributed by atoms with Crippen molar-refractivity contribution in [3.05, 3.63) is 27.1 Å². The van der Waals surface area contributed by atoms with Gasteiger partial charge in [0.05, 0.1) is 15.4 Å². The number of hydrogen-bond donors (Lipinski definition) is 3. The van der Waals surface area contributed by atoms with Crippen LogP contribution in [-0.4, -0.2) is 29.9 Å². The second kappa shape index (κ2) is 5.64. The van der Waals surface area contributed by atoms with Crippen molar-refractivity contribution in [2.75, 3.05) is 13.1 Å². The Morgan fingerprint density at radius 3 is 2.33 bits per heavy atom. The molecule has 2 bridgehead atoms. The molecule has 4 aliphatic rings. The van der Waals surface area contributed by atoms with Gasteiger partial charge in [-0.05, 0) is 72.0 Å². The summed E-state index contributed by atoms with van der Waals surface area (Å²) in [7, 11) is 0. The van der Waals surface area contributed by atoms with E-state index in [2.05, 4.69) is 38.4 Å². The van der Waals surface area contributed by atoms with E-state index < -0.39 is 16.7 Å². The Hall–Kier alpha value is -1.25. The summed E-state index contributed by atoms with van der Waals surface area (Å²) in [5.74, 6) is -0.963. The summed E-state index contributed by atoms with van der Waals surface area (Å²) in [5, 5.41) is 4.01. The number of primary amides is 2. The first-order chi connectivity index (χ1) is 12.9. The van der Waals surface area contributed by atoms with Crippen molar-refractivity contribution < 1.29 is 9.59 Å². The number of piperidine rings is 1. The van der Waals surface area contributed by atoms with Gasteiger partial charge in [-0.3, -0.25) is 9.59 Å². The molecule has 5 N–H and O–H groups in total. The predicted octanol–water partition coefficient (Wildman–Crippen LogP) is 1.70. The summed E-state index contributed by atoms with van der Waals surface area (Å²) in [6, 6.07) is 0. The Kier molecular flexibility index (Phi) is 3.72. The molecule has 1 spiro atoms. The lowest BCUT2D eigenvalue weighted by molar-refractivity contribution is -0.149. The number of halogens is 1. The van der Waals surface area contributed by atoms with Gasteiger partial charge in [-0.15, -0.1) is 11.3 Å². The molecule has 0 aromatic carbocycles. The smallest absolute Gasteiger partial charge is 0.232 e. The van der Waals surface area contributed by atoms with Gasteiger partial charge in [-0.2, -0.15) is 0 Å². The third-order valence-electron chi connectivity index (χ3n) is 7.77. The first kappa shape index (κ1) is 17.8. The molecular weight excluding hydrogens is 428 g/mol. The Balaban J connectivity index is 1.84. The lowest BCUT2D eigenvalue weighted by atomic mass is 9.50. The molecule has 8 heteroatoms. The topological polar surface area (TPSA) is 111 Å². The molecule has 3 fully saturated rings. The first-order valence-corrected chi connectivity index (χ1v) is 11.1. The summed E-state index contributed by atoms with van der Waals surface area (Å²) >= 11 is 4.89. The van der Waals surface area contributed by atoms with Crippen LogP contribution in [0.1, 0.15) is 30.7 Å². The zero-order chi connectivity index (χ0) is 19.0. The second-order valence-electron chi connectivity index (χ2n) is 8.47. The minimum atomic E-state index is -1.16. The zero-order valence-corrected chi connectivity index (χ0v) is 17.3. The van der Waals surface area contributed by atoms with Crippen molar-refractivity contribution in [3.8, 4) is 0 Å². The quantitative estimate of drug-likeness (QED) is 0.605. The molecular formula is C19H23BrN4O2S. The Labute approximate surface area is 170 Å². The number of thiazole rings is 1.